The van der Waals surface area contributed by atoms with Gasteiger partial charge in [0, 0.05) is 11.1 Å². The van der Waals surface area contributed by atoms with Crippen LogP contribution >= 0.6 is 0 Å². The zero-order chi connectivity index (χ0) is 22.5. The predicted octanol–water partition coefficient (Wildman–Crippen LogP) is 6.60. The quantitative estimate of drug-likeness (QED) is 0.413. The summed E-state index contributed by atoms with van der Waals surface area (Å²) in [5.74, 6) is 1.56. The molecule has 1 N–H and O–H groups in total. The Morgan fingerprint density at radius 2 is 1.43 bits per heavy atom. The van der Waals surface area contributed by atoms with E-state index < -0.39 is 0 Å². The average Bonchev–Trinajstić information content (AvgIpc) is 2.60. The van der Waals surface area contributed by atoms with Gasteiger partial charge in [0.2, 0.25) is 0 Å². The number of aromatic hydroxyl groups is 1. The second-order valence-electron chi connectivity index (χ2n) is 9.42. The lowest BCUT2D eigenvalue weighted by Gasteiger charge is -2.28. The molecule has 0 spiro atoms. The smallest absolute Gasteiger partial charge is 0.185 e. The molecule has 0 unspecified atom stereocenters. The Balaban J connectivity index is 2.47. The molecule has 0 aliphatic rings. The summed E-state index contributed by atoms with van der Waals surface area (Å²) in [6.45, 7) is 14.2. The van der Waals surface area contributed by atoms with Gasteiger partial charge in [0.1, 0.15) is 28.5 Å². The minimum atomic E-state index is -0.355. The molecule has 30 heavy (non-hydrogen) atoms. The van der Waals surface area contributed by atoms with Gasteiger partial charge in [-0.3, -0.25) is 4.79 Å². The predicted molar refractivity (Wildman–Crippen MR) is 123 cm³/mol. The molecule has 0 saturated heterocycles. The number of hydrogen-bond acceptors (Lipinski definition) is 4. The van der Waals surface area contributed by atoms with Gasteiger partial charge in [0.05, 0.1) is 0 Å². The van der Waals surface area contributed by atoms with Crippen LogP contribution in [-0.4, -0.2) is 22.1 Å². The molecule has 0 fully saturated rings. The van der Waals surface area contributed by atoms with E-state index in [1.165, 1.54) is 18.2 Å². The third-order valence-electron chi connectivity index (χ3n) is 4.10. The number of carbonyl (C=O) groups excluding carboxylic acids is 1. The molecule has 0 amide bonds. The van der Waals surface area contributed by atoms with Crippen LogP contribution in [0.2, 0.25) is 0 Å². The normalized spacial score (nSPS) is 12.2. The van der Waals surface area contributed by atoms with Crippen molar-refractivity contribution in [1.82, 2.24) is 0 Å². The van der Waals surface area contributed by atoms with Crippen molar-refractivity contribution in [3.05, 3.63) is 59.2 Å². The van der Waals surface area contributed by atoms with E-state index in [4.69, 9.17) is 9.47 Å². The van der Waals surface area contributed by atoms with Gasteiger partial charge in [-0.15, -0.1) is 0 Å². The van der Waals surface area contributed by atoms with Crippen LogP contribution in [0, 0.1) is 0 Å². The number of phenolic OH excluding ortho intramolecular Hbond substituents is 1. The summed E-state index contributed by atoms with van der Waals surface area (Å²) in [4.78, 5) is 12.5. The summed E-state index contributed by atoms with van der Waals surface area (Å²) in [5, 5.41) is 9.41. The molecule has 0 atom stereocenters. The molecule has 162 valence electrons. The molecule has 0 radical (unpaired) electrons. The maximum Gasteiger partial charge on any atom is 0.185 e. The first-order valence-electron chi connectivity index (χ1n) is 10.4. The van der Waals surface area contributed by atoms with Gasteiger partial charge in [-0.1, -0.05) is 19.4 Å². The van der Waals surface area contributed by atoms with Crippen molar-refractivity contribution in [2.24, 2.45) is 0 Å². The van der Waals surface area contributed by atoms with Gasteiger partial charge in [0.25, 0.3) is 0 Å². The van der Waals surface area contributed by atoms with Gasteiger partial charge < -0.3 is 14.6 Å². The highest BCUT2D eigenvalue weighted by Gasteiger charge is 2.21. The van der Waals surface area contributed by atoms with Crippen LogP contribution in [0.3, 0.4) is 0 Å². The van der Waals surface area contributed by atoms with Crippen molar-refractivity contribution in [1.29, 1.82) is 0 Å². The summed E-state index contributed by atoms with van der Waals surface area (Å²) in [6.07, 6.45) is 5.11. The molecule has 4 nitrogen and oxygen atoms in total. The molecule has 0 aliphatic heterocycles. The number of phenols is 1. The Morgan fingerprint density at radius 1 is 0.933 bits per heavy atom. The molecule has 2 aromatic rings. The molecule has 0 aromatic heterocycles. The van der Waals surface area contributed by atoms with Crippen LogP contribution in [0.25, 0.3) is 6.08 Å². The highest BCUT2D eigenvalue weighted by atomic mass is 16.5. The highest BCUT2D eigenvalue weighted by Crippen LogP contribution is 2.36. The van der Waals surface area contributed by atoms with Gasteiger partial charge in [-0.2, -0.15) is 0 Å². The lowest BCUT2D eigenvalue weighted by atomic mass is 10.0. The SMILES string of the molecule is CCCc1c(OC(C)(C)C)cc(/C=C/C(=O)c2ccc(O)cc2)cc1OC(C)(C)C. The van der Waals surface area contributed by atoms with Crippen LogP contribution in [0.15, 0.2) is 42.5 Å². The Bertz CT molecular complexity index is 857. The monoisotopic (exact) mass is 410 g/mol. The third-order valence-corrected chi connectivity index (χ3v) is 4.10. The maximum atomic E-state index is 12.5. The van der Waals surface area contributed by atoms with Gasteiger partial charge >= 0.3 is 0 Å². The van der Waals surface area contributed by atoms with Crippen LogP contribution in [0.4, 0.5) is 0 Å². The minimum Gasteiger partial charge on any atom is -0.508 e. The van der Waals surface area contributed by atoms with Gasteiger partial charge in [-0.25, -0.2) is 0 Å². The molecule has 2 aromatic carbocycles. The summed E-state index contributed by atoms with van der Waals surface area (Å²) < 4.78 is 12.5. The molecular formula is C26H34O4. The van der Waals surface area contributed by atoms with Crippen molar-refractivity contribution >= 4 is 11.9 Å². The molecular weight excluding hydrogens is 376 g/mol. The van der Waals surface area contributed by atoms with E-state index in [1.54, 1.807) is 18.2 Å². The lowest BCUT2D eigenvalue weighted by Crippen LogP contribution is -2.26. The van der Waals surface area contributed by atoms with E-state index in [9.17, 15) is 9.90 Å². The number of carbonyl (C=O) groups is 1. The largest absolute Gasteiger partial charge is 0.508 e. The average molecular weight is 411 g/mol. The Morgan fingerprint density at radius 3 is 1.87 bits per heavy atom. The van der Waals surface area contributed by atoms with E-state index >= 15 is 0 Å². The van der Waals surface area contributed by atoms with E-state index in [0.29, 0.717) is 5.56 Å². The zero-order valence-corrected chi connectivity index (χ0v) is 19.2. The number of benzene rings is 2. The number of allylic oxidation sites excluding steroid dienone is 1. The third kappa shape index (κ3) is 7.25. The highest BCUT2D eigenvalue weighted by molar-refractivity contribution is 6.06. The summed E-state index contributed by atoms with van der Waals surface area (Å²) in [7, 11) is 0. The fraction of sp³-hybridized carbons (Fsp3) is 0.423. The van der Waals surface area contributed by atoms with E-state index in [2.05, 4.69) is 6.92 Å². The summed E-state index contributed by atoms with van der Waals surface area (Å²) in [5.41, 5.74) is 1.69. The number of ether oxygens (including phenoxy) is 2. The van der Waals surface area contributed by atoms with Crippen molar-refractivity contribution < 1.29 is 19.4 Å². The molecule has 2 rings (SSSR count). The molecule has 0 aliphatic carbocycles. The first kappa shape index (κ1) is 23.5. The van der Waals surface area contributed by atoms with E-state index in [1.807, 2.05) is 53.7 Å². The number of ketones is 1. The summed E-state index contributed by atoms with van der Waals surface area (Å²) in [6, 6.07) is 10.2. The van der Waals surface area contributed by atoms with E-state index in [0.717, 1.165) is 35.5 Å². The number of rotatable bonds is 7. The van der Waals surface area contributed by atoms with Crippen molar-refractivity contribution in [3.8, 4) is 17.2 Å². The topological polar surface area (TPSA) is 55.8 Å². The second kappa shape index (κ2) is 9.38. The molecule has 4 heteroatoms. The van der Waals surface area contributed by atoms with Crippen molar-refractivity contribution in [2.75, 3.05) is 0 Å². The first-order valence-corrected chi connectivity index (χ1v) is 10.4. The van der Waals surface area contributed by atoms with Crippen LogP contribution < -0.4 is 9.47 Å². The molecule has 0 bridgehead atoms. The molecule has 0 heterocycles. The van der Waals surface area contributed by atoms with E-state index in [-0.39, 0.29) is 22.7 Å². The summed E-state index contributed by atoms with van der Waals surface area (Å²) >= 11 is 0. The first-order chi connectivity index (χ1) is 13.9. The van der Waals surface area contributed by atoms with Gasteiger partial charge in [-0.05, 0) is 96.0 Å². The zero-order valence-electron chi connectivity index (χ0n) is 19.2. The van der Waals surface area contributed by atoms with Gasteiger partial charge in [0.15, 0.2) is 5.78 Å². The maximum absolute atomic E-state index is 12.5. The van der Waals surface area contributed by atoms with Crippen molar-refractivity contribution in [3.63, 3.8) is 0 Å². The minimum absolute atomic E-state index is 0.134. The Labute approximate surface area is 180 Å². The van der Waals surface area contributed by atoms with Crippen molar-refractivity contribution in [2.45, 2.75) is 72.5 Å². The lowest BCUT2D eigenvalue weighted by molar-refractivity contribution is 0.104. The number of hydrogen-bond donors (Lipinski definition) is 1. The second-order valence-corrected chi connectivity index (χ2v) is 9.42. The van der Waals surface area contributed by atoms with Crippen LogP contribution in [-0.2, 0) is 6.42 Å². The van der Waals surface area contributed by atoms with Crippen LogP contribution in [0.1, 0.15) is 76.4 Å². The van der Waals surface area contributed by atoms with Crippen LogP contribution in [0.5, 0.6) is 17.2 Å². The fourth-order valence-corrected chi connectivity index (χ4v) is 2.97. The Hall–Kier alpha value is -2.75. The standard InChI is InChI=1S/C26H34O4/c1-8-9-21-23(29-25(2,3)4)16-18(17-24(21)30-26(5,6)7)10-15-22(28)19-11-13-20(27)14-12-19/h10-17,27H,8-9H2,1-7H3/b15-10+. The fourth-order valence-electron chi connectivity index (χ4n) is 2.97. The molecule has 0 saturated carbocycles. The Kier molecular flexibility index (Phi) is 7.35.